The number of pyridine rings is 1. The molecule has 3 heterocycles. The largest absolute Gasteiger partial charge is 0.507 e. The summed E-state index contributed by atoms with van der Waals surface area (Å²) in [6.45, 7) is 2.73. The molecule has 1 aliphatic heterocycles. The minimum atomic E-state index is -0.989. The zero-order chi connectivity index (χ0) is 29.9. The molecule has 0 spiro atoms. The maximum absolute atomic E-state index is 13.7. The van der Waals surface area contributed by atoms with E-state index in [1.807, 2.05) is 55.5 Å². The van der Waals surface area contributed by atoms with Gasteiger partial charge in [0.2, 0.25) is 0 Å². The number of nitrogens with zero attached hydrogens (tertiary/aromatic N) is 3. The Balaban J connectivity index is 1.46. The second-order valence-electron chi connectivity index (χ2n) is 9.65. The van der Waals surface area contributed by atoms with Crippen LogP contribution in [0, 0.1) is 0 Å². The molecule has 6 rings (SSSR count). The minimum Gasteiger partial charge on any atom is -0.507 e. The number of aromatic nitrogens is 2. The van der Waals surface area contributed by atoms with Crippen LogP contribution in [0.5, 0.6) is 17.2 Å². The monoisotopic (exact) mass is 593 g/mol. The molecule has 216 valence electrons. The number of aliphatic hydroxyl groups is 1. The first-order valence-corrected chi connectivity index (χ1v) is 14.4. The minimum absolute atomic E-state index is 0.0644. The molecule has 0 aliphatic carbocycles. The number of thiazole rings is 1. The van der Waals surface area contributed by atoms with Crippen LogP contribution in [-0.4, -0.2) is 40.5 Å². The number of ether oxygens (including phenoxy) is 3. The van der Waals surface area contributed by atoms with E-state index in [2.05, 4.69) is 4.98 Å². The normalized spacial score (nSPS) is 16.0. The topological polar surface area (TPSA) is 111 Å². The van der Waals surface area contributed by atoms with Crippen LogP contribution < -0.4 is 19.1 Å². The number of benzene rings is 3. The van der Waals surface area contributed by atoms with Gasteiger partial charge in [-0.2, -0.15) is 0 Å². The van der Waals surface area contributed by atoms with Crippen LogP contribution in [-0.2, 0) is 16.2 Å². The Labute approximate surface area is 251 Å². The second kappa shape index (κ2) is 11.9. The number of anilines is 1. The first-order chi connectivity index (χ1) is 21.0. The number of amides is 1. The van der Waals surface area contributed by atoms with Gasteiger partial charge in [-0.15, -0.1) is 0 Å². The summed E-state index contributed by atoms with van der Waals surface area (Å²) in [5, 5.41) is 11.7. The number of fused-ring (bicyclic) bond motifs is 1. The molecule has 0 radical (unpaired) electrons. The zero-order valence-electron chi connectivity index (χ0n) is 23.4. The molecule has 1 aliphatic rings. The van der Waals surface area contributed by atoms with Gasteiger partial charge in [0.15, 0.2) is 16.6 Å². The van der Waals surface area contributed by atoms with Gasteiger partial charge in [0.25, 0.3) is 5.78 Å². The lowest BCUT2D eigenvalue weighted by Crippen LogP contribution is -2.29. The molecule has 3 aromatic carbocycles. The van der Waals surface area contributed by atoms with Gasteiger partial charge in [0.1, 0.15) is 18.1 Å². The fourth-order valence-electron chi connectivity index (χ4n) is 4.97. The third-order valence-corrected chi connectivity index (χ3v) is 8.02. The zero-order valence-corrected chi connectivity index (χ0v) is 24.2. The third kappa shape index (κ3) is 5.40. The molecule has 5 aromatic rings. The van der Waals surface area contributed by atoms with Crippen molar-refractivity contribution < 1.29 is 28.9 Å². The predicted molar refractivity (Wildman–Crippen MR) is 164 cm³/mol. The van der Waals surface area contributed by atoms with Crippen LogP contribution in [0.1, 0.15) is 29.7 Å². The number of carbonyl (C=O) groups excluding carboxylic acids is 2. The highest BCUT2D eigenvalue weighted by molar-refractivity contribution is 7.22. The lowest BCUT2D eigenvalue weighted by atomic mass is 9.95. The molecule has 43 heavy (non-hydrogen) atoms. The molecule has 1 N–H and O–H groups in total. The predicted octanol–water partition coefficient (Wildman–Crippen LogP) is 6.30. The van der Waals surface area contributed by atoms with Crippen molar-refractivity contribution in [1.82, 2.24) is 9.97 Å². The van der Waals surface area contributed by atoms with Gasteiger partial charge in [-0.1, -0.05) is 47.7 Å². The fourth-order valence-corrected chi connectivity index (χ4v) is 5.99. The third-order valence-electron chi connectivity index (χ3n) is 7.00. The SMILES string of the molecule is CCOc1ccc2nc(N3C(=O)C(=O)/C(=C(/O)c4ccncc4)C3c3ccc(OCc4ccccc4)c(OC)c3)sc2c1. The van der Waals surface area contributed by atoms with Gasteiger partial charge in [-0.25, -0.2) is 4.98 Å². The molecule has 2 aromatic heterocycles. The van der Waals surface area contributed by atoms with Crippen LogP contribution in [0.25, 0.3) is 16.0 Å². The Morgan fingerprint density at radius 2 is 1.74 bits per heavy atom. The van der Waals surface area contributed by atoms with Crippen LogP contribution in [0.3, 0.4) is 0 Å². The molecule has 1 unspecified atom stereocenters. The smallest absolute Gasteiger partial charge is 0.301 e. The lowest BCUT2D eigenvalue weighted by Gasteiger charge is -2.24. The lowest BCUT2D eigenvalue weighted by molar-refractivity contribution is -0.132. The highest BCUT2D eigenvalue weighted by Crippen LogP contribution is 2.46. The molecule has 1 amide bonds. The Morgan fingerprint density at radius 1 is 0.953 bits per heavy atom. The van der Waals surface area contributed by atoms with Gasteiger partial charge in [-0.3, -0.25) is 19.5 Å². The van der Waals surface area contributed by atoms with Crippen LogP contribution in [0.15, 0.2) is 96.8 Å². The number of methoxy groups -OCH3 is 1. The summed E-state index contributed by atoms with van der Waals surface area (Å²) in [5.74, 6) is -0.350. The van der Waals surface area contributed by atoms with Crippen molar-refractivity contribution in [3.63, 3.8) is 0 Å². The van der Waals surface area contributed by atoms with Gasteiger partial charge in [0, 0.05) is 18.0 Å². The number of hydrogen-bond donors (Lipinski definition) is 1. The van der Waals surface area contributed by atoms with E-state index in [9.17, 15) is 14.7 Å². The van der Waals surface area contributed by atoms with Crippen molar-refractivity contribution >= 4 is 44.1 Å². The number of rotatable bonds is 9. The average molecular weight is 594 g/mol. The number of ketones is 1. The van der Waals surface area contributed by atoms with Crippen molar-refractivity contribution in [3.05, 3.63) is 114 Å². The van der Waals surface area contributed by atoms with E-state index in [1.165, 1.54) is 35.7 Å². The van der Waals surface area contributed by atoms with E-state index in [0.717, 1.165) is 10.3 Å². The molecule has 1 atom stereocenters. The quantitative estimate of drug-likeness (QED) is 0.120. The number of Topliss-reactive ketones (excluding diaryl/α,β-unsaturated/α-hetero) is 1. The summed E-state index contributed by atoms with van der Waals surface area (Å²) in [6.07, 6.45) is 3.01. The van der Waals surface area contributed by atoms with Gasteiger partial charge >= 0.3 is 5.91 Å². The first-order valence-electron chi connectivity index (χ1n) is 13.6. The molecule has 10 heteroatoms. The van der Waals surface area contributed by atoms with Gasteiger partial charge < -0.3 is 19.3 Å². The summed E-state index contributed by atoms with van der Waals surface area (Å²) in [7, 11) is 1.52. The van der Waals surface area contributed by atoms with E-state index >= 15 is 0 Å². The van der Waals surface area contributed by atoms with Crippen LogP contribution >= 0.6 is 11.3 Å². The molecule has 0 bridgehead atoms. The maximum atomic E-state index is 13.7. The van der Waals surface area contributed by atoms with Crippen molar-refractivity contribution in [2.45, 2.75) is 19.6 Å². The van der Waals surface area contributed by atoms with Gasteiger partial charge in [-0.05, 0) is 60.5 Å². The van der Waals surface area contributed by atoms with Crippen molar-refractivity contribution in [1.29, 1.82) is 0 Å². The van der Waals surface area contributed by atoms with Crippen LogP contribution in [0.4, 0.5) is 5.13 Å². The molecule has 9 nitrogen and oxygen atoms in total. The number of carbonyl (C=O) groups is 2. The van der Waals surface area contributed by atoms with Crippen molar-refractivity contribution in [2.24, 2.45) is 0 Å². The molecule has 1 fully saturated rings. The first kappa shape index (κ1) is 27.9. The van der Waals surface area contributed by atoms with E-state index in [4.69, 9.17) is 19.2 Å². The molecule has 1 saturated heterocycles. The number of hydrogen-bond acceptors (Lipinski definition) is 9. The fraction of sp³-hybridized carbons (Fsp3) is 0.152. The van der Waals surface area contributed by atoms with Gasteiger partial charge in [0.05, 0.1) is 35.5 Å². The van der Waals surface area contributed by atoms with Crippen LogP contribution in [0.2, 0.25) is 0 Å². The summed E-state index contributed by atoms with van der Waals surface area (Å²) in [4.78, 5) is 37.3. The van der Waals surface area contributed by atoms with E-state index in [-0.39, 0.29) is 11.3 Å². The molecular weight excluding hydrogens is 566 g/mol. The molecular formula is C33H27N3O6S. The molecule has 0 saturated carbocycles. The highest BCUT2D eigenvalue weighted by atomic mass is 32.1. The Kier molecular flexibility index (Phi) is 7.76. The standard InChI is InChI=1S/C33H27N3O6S/c1-3-41-23-10-11-24-27(18-23)43-33(35-24)36-29(28(31(38)32(36)39)30(37)21-13-15-34-16-14-21)22-9-12-25(26(17-22)40-2)42-19-20-7-5-4-6-8-20/h4-18,29,37H,3,19H2,1-2H3/b30-28+. The van der Waals surface area contributed by atoms with Crippen molar-refractivity contribution in [3.8, 4) is 17.2 Å². The summed E-state index contributed by atoms with van der Waals surface area (Å²) in [6, 6.07) is 22.6. The van der Waals surface area contributed by atoms with E-state index < -0.39 is 17.7 Å². The Bertz CT molecular complexity index is 1840. The summed E-state index contributed by atoms with van der Waals surface area (Å²) in [5.41, 5.74) is 2.47. The van der Waals surface area contributed by atoms with E-state index in [1.54, 1.807) is 30.3 Å². The second-order valence-corrected chi connectivity index (χ2v) is 10.7. The van der Waals surface area contributed by atoms with E-state index in [0.29, 0.717) is 52.2 Å². The number of aliphatic hydroxyl groups excluding tert-OH is 1. The Hall–Kier alpha value is -5.22. The maximum Gasteiger partial charge on any atom is 0.301 e. The van der Waals surface area contributed by atoms with Crippen molar-refractivity contribution in [2.75, 3.05) is 18.6 Å². The highest BCUT2D eigenvalue weighted by Gasteiger charge is 2.48. The summed E-state index contributed by atoms with van der Waals surface area (Å²) < 4.78 is 18.1. The average Bonchev–Trinajstić information content (AvgIpc) is 3.58. The Morgan fingerprint density at radius 3 is 2.49 bits per heavy atom. The summed E-state index contributed by atoms with van der Waals surface area (Å²) >= 11 is 1.26.